The van der Waals surface area contributed by atoms with Crippen LogP contribution in [0.1, 0.15) is 15.9 Å². The summed E-state index contributed by atoms with van der Waals surface area (Å²) in [4.78, 5) is 14.2. The lowest BCUT2D eigenvalue weighted by Crippen LogP contribution is -2.48. The van der Waals surface area contributed by atoms with Gasteiger partial charge in [0, 0.05) is 43.7 Å². The van der Waals surface area contributed by atoms with Crippen molar-refractivity contribution in [3.05, 3.63) is 108 Å². The van der Waals surface area contributed by atoms with Gasteiger partial charge < -0.3 is 0 Å². The molecular weight excluding hydrogens is 541 g/mol. The van der Waals surface area contributed by atoms with Crippen LogP contribution in [0.4, 0.5) is 4.39 Å². The predicted octanol–water partition coefficient (Wildman–Crippen LogP) is 3.60. The Morgan fingerprint density at radius 1 is 0.795 bits per heavy atom. The lowest BCUT2D eigenvalue weighted by atomic mass is 10.1. The zero-order valence-electron chi connectivity index (χ0n) is 20.8. The fourth-order valence-electron chi connectivity index (χ4n) is 4.57. The maximum Gasteiger partial charge on any atom is 0.267 e. The number of fused-ring (bicyclic) bond motifs is 1. The summed E-state index contributed by atoms with van der Waals surface area (Å²) in [5, 5.41) is 0.615. The first-order valence-electron chi connectivity index (χ1n) is 12.3. The molecule has 0 aromatic heterocycles. The summed E-state index contributed by atoms with van der Waals surface area (Å²) >= 11 is 0. The highest BCUT2D eigenvalue weighted by atomic mass is 32.2. The van der Waals surface area contributed by atoms with Crippen LogP contribution >= 0.6 is 0 Å². The maximum atomic E-state index is 15.0. The summed E-state index contributed by atoms with van der Waals surface area (Å²) in [5.41, 5.74) is 0.967. The van der Waals surface area contributed by atoms with Gasteiger partial charge in [-0.3, -0.25) is 9.69 Å². The summed E-state index contributed by atoms with van der Waals surface area (Å²) in [5.74, 6) is -2.04. The number of nitrogens with one attached hydrogen (secondary N) is 1. The molecule has 0 aliphatic carbocycles. The summed E-state index contributed by atoms with van der Waals surface area (Å²) in [6.07, 6.45) is 0. The number of hydrogen-bond donors (Lipinski definition) is 1. The standard InChI is InChI=1S/C28H26FN3O5S2/c29-27-25-12-5-4-9-22(25)13-14-26(27)38(34,35)30-28(33)23-10-6-11-24(19-23)39(36,37)32-17-15-31(16-18-32)20-21-7-2-1-3-8-21/h1-14,19H,15-18,20H2,(H,30,33). The van der Waals surface area contributed by atoms with E-state index < -0.39 is 36.7 Å². The second kappa shape index (κ2) is 10.9. The zero-order chi connectivity index (χ0) is 27.6. The first-order chi connectivity index (χ1) is 18.6. The van der Waals surface area contributed by atoms with Gasteiger partial charge in [0.2, 0.25) is 10.0 Å². The van der Waals surface area contributed by atoms with E-state index in [1.807, 2.05) is 35.1 Å². The molecule has 1 saturated heterocycles. The molecule has 1 N–H and O–H groups in total. The molecular formula is C28H26FN3O5S2. The summed E-state index contributed by atoms with van der Waals surface area (Å²) in [6.45, 7) is 2.37. The van der Waals surface area contributed by atoms with E-state index in [1.54, 1.807) is 18.2 Å². The normalized spacial score (nSPS) is 15.3. The number of nitrogens with zero attached hydrogens (tertiary/aromatic N) is 2. The number of carbonyl (C=O) groups excluding carboxylic acids is 1. The Labute approximate surface area is 226 Å². The Bertz CT molecular complexity index is 1740. The monoisotopic (exact) mass is 567 g/mol. The van der Waals surface area contributed by atoms with Crippen molar-refractivity contribution < 1.29 is 26.0 Å². The first-order valence-corrected chi connectivity index (χ1v) is 15.2. The largest absolute Gasteiger partial charge is 0.296 e. The number of piperazine rings is 1. The Kier molecular flexibility index (Phi) is 7.50. The molecule has 202 valence electrons. The molecule has 11 heteroatoms. The van der Waals surface area contributed by atoms with Crippen LogP contribution in [0, 0.1) is 5.82 Å². The van der Waals surface area contributed by atoms with Crippen LogP contribution in [0.2, 0.25) is 0 Å². The Balaban J connectivity index is 1.30. The second-order valence-electron chi connectivity index (χ2n) is 9.23. The fourth-order valence-corrected chi connectivity index (χ4v) is 7.11. The SMILES string of the molecule is O=C(NS(=O)(=O)c1ccc2ccccc2c1F)c1cccc(S(=O)(=O)N2CCN(Cc3ccccc3)CC2)c1. The van der Waals surface area contributed by atoms with Gasteiger partial charge in [0.15, 0.2) is 5.82 Å². The molecule has 5 rings (SSSR count). The number of rotatable bonds is 7. The van der Waals surface area contributed by atoms with Crippen molar-refractivity contribution in [1.29, 1.82) is 0 Å². The van der Waals surface area contributed by atoms with Crippen LogP contribution in [0.3, 0.4) is 0 Å². The third kappa shape index (κ3) is 5.71. The second-order valence-corrected chi connectivity index (χ2v) is 12.8. The number of halogens is 1. The average Bonchev–Trinajstić information content (AvgIpc) is 2.94. The van der Waals surface area contributed by atoms with Gasteiger partial charge in [0.1, 0.15) is 4.90 Å². The number of hydrogen-bond acceptors (Lipinski definition) is 6. The lowest BCUT2D eigenvalue weighted by Gasteiger charge is -2.34. The molecule has 1 heterocycles. The number of amides is 1. The Hall–Kier alpha value is -3.64. The third-order valence-corrected chi connectivity index (χ3v) is 9.90. The van der Waals surface area contributed by atoms with E-state index in [0.29, 0.717) is 18.5 Å². The highest BCUT2D eigenvalue weighted by Crippen LogP contribution is 2.25. The topological polar surface area (TPSA) is 104 Å². The van der Waals surface area contributed by atoms with Gasteiger partial charge >= 0.3 is 0 Å². The van der Waals surface area contributed by atoms with Crippen LogP contribution in [-0.2, 0) is 26.6 Å². The van der Waals surface area contributed by atoms with Gasteiger partial charge in [-0.25, -0.2) is 25.9 Å². The van der Waals surface area contributed by atoms with Crippen LogP contribution in [0.25, 0.3) is 10.8 Å². The molecule has 0 unspecified atom stereocenters. The van der Waals surface area contributed by atoms with E-state index >= 15 is 0 Å². The van der Waals surface area contributed by atoms with Crippen molar-refractivity contribution in [2.24, 2.45) is 0 Å². The highest BCUT2D eigenvalue weighted by molar-refractivity contribution is 7.90. The van der Waals surface area contributed by atoms with Gasteiger partial charge in [-0.1, -0.05) is 66.7 Å². The van der Waals surface area contributed by atoms with Crippen LogP contribution in [0.5, 0.6) is 0 Å². The minimum absolute atomic E-state index is 0.102. The van der Waals surface area contributed by atoms with E-state index in [2.05, 4.69) is 4.90 Å². The molecule has 8 nitrogen and oxygen atoms in total. The molecule has 0 saturated carbocycles. The van der Waals surface area contributed by atoms with Crippen molar-refractivity contribution in [3.63, 3.8) is 0 Å². The predicted molar refractivity (Wildman–Crippen MR) is 145 cm³/mol. The smallest absolute Gasteiger partial charge is 0.267 e. The highest BCUT2D eigenvalue weighted by Gasteiger charge is 2.30. The van der Waals surface area contributed by atoms with Crippen LogP contribution in [0.15, 0.2) is 101 Å². The van der Waals surface area contributed by atoms with Crippen molar-refractivity contribution in [2.75, 3.05) is 26.2 Å². The summed E-state index contributed by atoms with van der Waals surface area (Å²) < 4.78 is 70.5. The number of carbonyl (C=O) groups is 1. The Morgan fingerprint density at radius 2 is 1.49 bits per heavy atom. The molecule has 1 aliphatic heterocycles. The quantitative estimate of drug-likeness (QED) is 0.366. The van der Waals surface area contributed by atoms with Crippen LogP contribution in [-0.4, -0.2) is 58.1 Å². The first kappa shape index (κ1) is 26.9. The minimum atomic E-state index is -4.57. The summed E-state index contributed by atoms with van der Waals surface area (Å²) in [7, 11) is -8.49. The number of sulfonamides is 2. The average molecular weight is 568 g/mol. The molecule has 1 fully saturated rings. The van der Waals surface area contributed by atoms with Crippen molar-refractivity contribution in [3.8, 4) is 0 Å². The molecule has 0 spiro atoms. The van der Waals surface area contributed by atoms with E-state index in [0.717, 1.165) is 24.2 Å². The lowest BCUT2D eigenvalue weighted by molar-refractivity contribution is 0.0981. The van der Waals surface area contributed by atoms with E-state index in [1.165, 1.54) is 34.6 Å². The zero-order valence-corrected chi connectivity index (χ0v) is 22.5. The Morgan fingerprint density at radius 3 is 2.23 bits per heavy atom. The molecule has 0 atom stereocenters. The van der Waals surface area contributed by atoms with Gasteiger partial charge in [-0.15, -0.1) is 0 Å². The molecule has 39 heavy (non-hydrogen) atoms. The molecule has 0 bridgehead atoms. The van der Waals surface area contributed by atoms with Gasteiger partial charge in [0.25, 0.3) is 15.9 Å². The third-order valence-electron chi connectivity index (χ3n) is 6.66. The van der Waals surface area contributed by atoms with E-state index in [9.17, 15) is 26.0 Å². The van der Waals surface area contributed by atoms with Gasteiger partial charge in [-0.05, 0) is 35.2 Å². The molecule has 0 radical (unpaired) electrons. The minimum Gasteiger partial charge on any atom is -0.296 e. The molecule has 4 aromatic rings. The van der Waals surface area contributed by atoms with Crippen molar-refractivity contribution >= 4 is 36.7 Å². The molecule has 1 aliphatic rings. The summed E-state index contributed by atoms with van der Waals surface area (Å²) in [6, 6.07) is 24.0. The van der Waals surface area contributed by atoms with Crippen molar-refractivity contribution in [1.82, 2.24) is 13.9 Å². The van der Waals surface area contributed by atoms with E-state index in [4.69, 9.17) is 0 Å². The van der Waals surface area contributed by atoms with Gasteiger partial charge in [0.05, 0.1) is 4.90 Å². The van der Waals surface area contributed by atoms with Crippen LogP contribution < -0.4 is 4.72 Å². The number of benzene rings is 4. The van der Waals surface area contributed by atoms with Crippen molar-refractivity contribution in [2.45, 2.75) is 16.3 Å². The maximum absolute atomic E-state index is 15.0. The van der Waals surface area contributed by atoms with Gasteiger partial charge in [-0.2, -0.15) is 4.31 Å². The fraction of sp³-hybridized carbons (Fsp3) is 0.179. The molecule has 4 aromatic carbocycles. The van der Waals surface area contributed by atoms with E-state index in [-0.39, 0.29) is 28.9 Å². The molecule has 1 amide bonds.